The molecule has 0 spiro atoms. The van der Waals surface area contributed by atoms with Crippen LogP contribution in [0.2, 0.25) is 0 Å². The number of alkyl halides is 5. The summed E-state index contributed by atoms with van der Waals surface area (Å²) in [5, 5.41) is 2.00. The van der Waals surface area contributed by atoms with Crippen molar-refractivity contribution in [3.8, 4) is 0 Å². The molecule has 0 aromatic carbocycles. The lowest BCUT2D eigenvalue weighted by atomic mass is 10.1. The van der Waals surface area contributed by atoms with Crippen LogP contribution < -0.4 is 5.32 Å². The first-order valence-corrected chi connectivity index (χ1v) is 9.46. The lowest BCUT2D eigenvalue weighted by molar-refractivity contribution is -0.207. The minimum absolute atomic E-state index is 0.103. The zero-order valence-corrected chi connectivity index (χ0v) is 15.1. The summed E-state index contributed by atoms with van der Waals surface area (Å²) in [5.41, 5.74) is -1.06. The summed E-state index contributed by atoms with van der Waals surface area (Å²) in [6, 6.07) is 0. The third kappa shape index (κ3) is 6.26. The number of rotatable bonds is 11. The fourth-order valence-corrected chi connectivity index (χ4v) is 5.02. The Balaban J connectivity index is 5.50. The quantitative estimate of drug-likeness (QED) is 0.442. The molecule has 0 heterocycles. The largest absolute Gasteiger partial charge is 0.524 e. The smallest absolute Gasteiger partial charge is 0.373 e. The maximum atomic E-state index is 12.7. The summed E-state index contributed by atoms with van der Waals surface area (Å²) in [6.45, 7) is 6.86. The summed E-state index contributed by atoms with van der Waals surface area (Å²) >= 11 is 0. The molecule has 144 valence electrons. The molecule has 0 aliphatic carbocycles. The average molecular weight is 381 g/mol. The van der Waals surface area contributed by atoms with Gasteiger partial charge in [-0.05, 0) is 27.2 Å². The van der Waals surface area contributed by atoms with Crippen molar-refractivity contribution in [3.05, 3.63) is 0 Å². The van der Waals surface area contributed by atoms with E-state index in [1.165, 1.54) is 0 Å². The zero-order chi connectivity index (χ0) is 19.0. The molecular formula is C13H24F5NO4Si. The van der Waals surface area contributed by atoms with E-state index < -0.39 is 38.9 Å². The number of carbonyl (C=O) groups excluding carboxylic acids is 1. The summed E-state index contributed by atoms with van der Waals surface area (Å²) < 4.78 is 79.9. The van der Waals surface area contributed by atoms with Gasteiger partial charge in [0.15, 0.2) is 5.92 Å². The molecule has 24 heavy (non-hydrogen) atoms. The van der Waals surface area contributed by atoms with Gasteiger partial charge in [0.25, 0.3) is 6.43 Å². The molecule has 0 aromatic rings. The molecule has 2 unspecified atom stereocenters. The van der Waals surface area contributed by atoms with Crippen LogP contribution in [0.25, 0.3) is 0 Å². The molecule has 0 saturated heterocycles. The molecule has 0 rings (SSSR count). The lowest BCUT2D eigenvalue weighted by Gasteiger charge is -2.35. The highest BCUT2D eigenvalue weighted by atomic mass is 28.4. The first-order chi connectivity index (χ1) is 11.1. The molecular weight excluding hydrogens is 357 g/mol. The fraction of sp³-hybridized carbons (Fsp3) is 0.923. The van der Waals surface area contributed by atoms with E-state index in [2.05, 4.69) is 0 Å². The van der Waals surface area contributed by atoms with Crippen molar-refractivity contribution >= 4 is 14.7 Å². The highest BCUT2D eigenvalue weighted by Gasteiger charge is 2.55. The van der Waals surface area contributed by atoms with Crippen LogP contribution in [0.5, 0.6) is 0 Å². The van der Waals surface area contributed by atoms with Gasteiger partial charge in [0, 0.05) is 19.8 Å². The zero-order valence-electron chi connectivity index (χ0n) is 14.1. The van der Waals surface area contributed by atoms with Gasteiger partial charge in [0.2, 0.25) is 5.91 Å². The summed E-state index contributed by atoms with van der Waals surface area (Å²) in [6.07, 6.45) is -9.13. The molecule has 0 fully saturated rings. The SMILES string of the molecule is CCO[Si](OCC)(OCC)C(CC)NC(=O)C(C(F)F)C(F)(F)F. The van der Waals surface area contributed by atoms with Crippen molar-refractivity contribution in [2.75, 3.05) is 19.8 Å². The van der Waals surface area contributed by atoms with Crippen LogP contribution in [0.1, 0.15) is 34.1 Å². The predicted molar refractivity (Wildman–Crippen MR) is 78.4 cm³/mol. The van der Waals surface area contributed by atoms with E-state index in [9.17, 15) is 26.7 Å². The van der Waals surface area contributed by atoms with Crippen LogP contribution in [0.4, 0.5) is 22.0 Å². The maximum absolute atomic E-state index is 12.7. The van der Waals surface area contributed by atoms with Gasteiger partial charge < -0.3 is 18.6 Å². The molecule has 1 N–H and O–H groups in total. The molecule has 2 atom stereocenters. The molecule has 0 bridgehead atoms. The topological polar surface area (TPSA) is 56.8 Å². The van der Waals surface area contributed by atoms with Crippen molar-refractivity contribution in [3.63, 3.8) is 0 Å². The van der Waals surface area contributed by atoms with E-state index in [-0.39, 0.29) is 26.2 Å². The van der Waals surface area contributed by atoms with Gasteiger partial charge in [-0.2, -0.15) is 13.2 Å². The van der Waals surface area contributed by atoms with Crippen LogP contribution in [0.15, 0.2) is 0 Å². The van der Waals surface area contributed by atoms with Crippen molar-refractivity contribution in [1.29, 1.82) is 0 Å². The van der Waals surface area contributed by atoms with E-state index in [1.54, 1.807) is 27.7 Å². The molecule has 0 aromatic heterocycles. The molecule has 0 aliphatic rings. The van der Waals surface area contributed by atoms with E-state index in [1.807, 2.05) is 5.32 Å². The van der Waals surface area contributed by atoms with Gasteiger partial charge in [-0.25, -0.2) is 8.78 Å². The Morgan fingerprint density at radius 2 is 1.42 bits per heavy atom. The van der Waals surface area contributed by atoms with Crippen molar-refractivity contribution in [1.82, 2.24) is 5.32 Å². The maximum Gasteiger partial charge on any atom is 0.524 e. The van der Waals surface area contributed by atoms with E-state index >= 15 is 0 Å². The molecule has 0 radical (unpaired) electrons. The fourth-order valence-electron chi connectivity index (χ4n) is 2.14. The molecule has 0 aliphatic heterocycles. The van der Waals surface area contributed by atoms with Crippen molar-refractivity contribution in [2.45, 2.75) is 52.4 Å². The third-order valence-corrected chi connectivity index (χ3v) is 6.55. The number of nitrogens with one attached hydrogen (secondary N) is 1. The number of amides is 1. The minimum atomic E-state index is -5.36. The van der Waals surface area contributed by atoms with Gasteiger partial charge in [-0.15, -0.1) is 0 Å². The number of hydrogen-bond acceptors (Lipinski definition) is 4. The van der Waals surface area contributed by atoms with Crippen molar-refractivity contribution in [2.24, 2.45) is 5.92 Å². The number of hydrogen-bond donors (Lipinski definition) is 1. The average Bonchev–Trinajstić information content (AvgIpc) is 2.43. The first-order valence-electron chi connectivity index (χ1n) is 7.66. The van der Waals surface area contributed by atoms with E-state index in [0.717, 1.165) is 0 Å². The second-order valence-corrected chi connectivity index (χ2v) is 7.50. The van der Waals surface area contributed by atoms with Crippen LogP contribution in [-0.4, -0.2) is 52.8 Å². The van der Waals surface area contributed by atoms with E-state index in [0.29, 0.717) is 0 Å². The van der Waals surface area contributed by atoms with E-state index in [4.69, 9.17) is 13.3 Å². The Kier molecular flexibility index (Phi) is 9.93. The van der Waals surface area contributed by atoms with Crippen LogP contribution in [-0.2, 0) is 18.1 Å². The molecule has 11 heteroatoms. The molecule has 0 saturated carbocycles. The Morgan fingerprint density at radius 3 is 1.67 bits per heavy atom. The first kappa shape index (κ1) is 23.2. The second-order valence-electron chi connectivity index (χ2n) is 4.73. The summed E-state index contributed by atoms with van der Waals surface area (Å²) in [7, 11) is -3.57. The third-order valence-electron chi connectivity index (χ3n) is 3.08. The highest BCUT2D eigenvalue weighted by molar-refractivity contribution is 6.62. The van der Waals surface area contributed by atoms with Crippen molar-refractivity contribution < 1.29 is 40.0 Å². The number of halogens is 5. The Labute approximate surface area is 139 Å². The standard InChI is InChI=1S/C13H24F5NO4Si/c1-5-9(24(21-6-2,22-7-3)23-8-4)19-12(20)10(11(14)15)13(16,17)18/h9-11H,5-8H2,1-4H3,(H,19,20). The monoisotopic (exact) mass is 381 g/mol. The van der Waals surface area contributed by atoms with Gasteiger partial charge >= 0.3 is 15.0 Å². The minimum Gasteiger partial charge on any atom is -0.373 e. The van der Waals surface area contributed by atoms with Crippen LogP contribution in [0, 0.1) is 5.92 Å². The van der Waals surface area contributed by atoms with Crippen LogP contribution >= 0.6 is 0 Å². The molecule has 1 amide bonds. The highest BCUT2D eigenvalue weighted by Crippen LogP contribution is 2.32. The second kappa shape index (κ2) is 10.3. The Hall–Kier alpha value is -0.783. The number of carbonyl (C=O) groups is 1. The predicted octanol–water partition coefficient (Wildman–Crippen LogP) is 2.91. The normalized spacial score (nSPS) is 15.4. The lowest BCUT2D eigenvalue weighted by Crippen LogP contribution is -2.64. The summed E-state index contributed by atoms with van der Waals surface area (Å²) in [4.78, 5) is 11.8. The van der Waals surface area contributed by atoms with Gasteiger partial charge in [-0.3, -0.25) is 4.79 Å². The molecule has 5 nitrogen and oxygen atoms in total. The van der Waals surface area contributed by atoms with Gasteiger partial charge in [0.05, 0.1) is 5.67 Å². The summed E-state index contributed by atoms with van der Waals surface area (Å²) in [5.74, 6) is -5.23. The Morgan fingerprint density at radius 1 is 1.00 bits per heavy atom. The van der Waals surface area contributed by atoms with Gasteiger partial charge in [0.1, 0.15) is 0 Å². The van der Waals surface area contributed by atoms with Gasteiger partial charge in [-0.1, -0.05) is 6.92 Å². The van der Waals surface area contributed by atoms with Crippen LogP contribution in [0.3, 0.4) is 0 Å². The Bertz CT molecular complexity index is 367.